The van der Waals surface area contributed by atoms with Gasteiger partial charge in [-0.2, -0.15) is 0 Å². The number of rotatable bonds is 3. The van der Waals surface area contributed by atoms with Crippen LogP contribution in [0.1, 0.15) is 48.5 Å². The normalized spacial score (nSPS) is 23.7. The van der Waals surface area contributed by atoms with Crippen LogP contribution in [-0.4, -0.2) is 30.3 Å². The molecule has 2 atom stereocenters. The Morgan fingerprint density at radius 3 is 2.71 bits per heavy atom. The fraction of sp³-hybridized carbons (Fsp3) is 0.471. The van der Waals surface area contributed by atoms with Gasteiger partial charge in [-0.1, -0.05) is 29.8 Å². The minimum absolute atomic E-state index is 0.0934. The van der Waals surface area contributed by atoms with Gasteiger partial charge in [0, 0.05) is 16.1 Å². The molecule has 1 aromatic carbocycles. The van der Waals surface area contributed by atoms with Crippen LogP contribution in [0.4, 0.5) is 0 Å². The van der Waals surface area contributed by atoms with Gasteiger partial charge in [-0.15, -0.1) is 0 Å². The van der Waals surface area contributed by atoms with Crippen molar-refractivity contribution in [2.75, 3.05) is 5.75 Å². The fourth-order valence-electron chi connectivity index (χ4n) is 3.72. The third-order valence-corrected chi connectivity index (χ3v) is 7.89. The van der Waals surface area contributed by atoms with Gasteiger partial charge in [0.25, 0.3) is 5.91 Å². The fourth-order valence-corrected chi connectivity index (χ4v) is 6.45. The SMILES string of the molecule is CC(C)C1CC(c2c[nH]c3c(C(N)=O)cc(Br)cc23)CCS1(=O)=O. The van der Waals surface area contributed by atoms with Crippen molar-refractivity contribution >= 4 is 42.6 Å². The summed E-state index contributed by atoms with van der Waals surface area (Å²) in [5.41, 5.74) is 7.70. The van der Waals surface area contributed by atoms with Gasteiger partial charge in [0.05, 0.1) is 22.1 Å². The van der Waals surface area contributed by atoms with E-state index in [4.69, 9.17) is 5.73 Å². The molecule has 0 bridgehead atoms. The molecule has 1 saturated heterocycles. The molecule has 7 heteroatoms. The molecule has 0 radical (unpaired) electrons. The van der Waals surface area contributed by atoms with E-state index in [2.05, 4.69) is 20.9 Å². The van der Waals surface area contributed by atoms with Crippen LogP contribution in [0.5, 0.6) is 0 Å². The molecule has 1 aliphatic heterocycles. The van der Waals surface area contributed by atoms with E-state index >= 15 is 0 Å². The number of primary amides is 1. The average molecular weight is 413 g/mol. The van der Waals surface area contributed by atoms with E-state index < -0.39 is 15.7 Å². The Morgan fingerprint density at radius 2 is 2.08 bits per heavy atom. The molecule has 0 saturated carbocycles. The maximum absolute atomic E-state index is 12.3. The van der Waals surface area contributed by atoms with Crippen molar-refractivity contribution in [3.63, 3.8) is 0 Å². The number of aromatic amines is 1. The molecule has 130 valence electrons. The van der Waals surface area contributed by atoms with E-state index in [9.17, 15) is 13.2 Å². The summed E-state index contributed by atoms with van der Waals surface area (Å²) in [7, 11) is -3.02. The molecular weight excluding hydrogens is 392 g/mol. The highest BCUT2D eigenvalue weighted by Gasteiger charge is 2.37. The lowest BCUT2D eigenvalue weighted by Gasteiger charge is -2.31. The number of fused-ring (bicyclic) bond motifs is 1. The molecule has 3 N–H and O–H groups in total. The second-order valence-corrected chi connectivity index (χ2v) is 10.1. The highest BCUT2D eigenvalue weighted by Crippen LogP contribution is 2.40. The van der Waals surface area contributed by atoms with Gasteiger partial charge in [0.15, 0.2) is 9.84 Å². The summed E-state index contributed by atoms with van der Waals surface area (Å²) in [6.45, 7) is 3.92. The van der Waals surface area contributed by atoms with Gasteiger partial charge in [0.2, 0.25) is 0 Å². The van der Waals surface area contributed by atoms with Gasteiger partial charge in [-0.05, 0) is 42.4 Å². The van der Waals surface area contributed by atoms with Gasteiger partial charge >= 0.3 is 0 Å². The number of halogens is 1. The van der Waals surface area contributed by atoms with Crippen molar-refractivity contribution in [1.82, 2.24) is 4.98 Å². The zero-order valence-electron chi connectivity index (χ0n) is 13.7. The van der Waals surface area contributed by atoms with Crippen LogP contribution in [0.3, 0.4) is 0 Å². The number of hydrogen-bond donors (Lipinski definition) is 2. The first-order chi connectivity index (χ1) is 11.2. The van der Waals surface area contributed by atoms with Crippen LogP contribution in [0.2, 0.25) is 0 Å². The second kappa shape index (κ2) is 6.19. The van der Waals surface area contributed by atoms with Crippen molar-refractivity contribution in [2.45, 2.75) is 37.9 Å². The Hall–Kier alpha value is -1.34. The molecule has 1 aliphatic rings. The Balaban J connectivity index is 2.06. The zero-order chi connectivity index (χ0) is 17.6. The minimum atomic E-state index is -3.02. The molecule has 2 heterocycles. The van der Waals surface area contributed by atoms with E-state index in [0.29, 0.717) is 18.4 Å². The third kappa shape index (κ3) is 2.99. The lowest BCUT2D eigenvalue weighted by Crippen LogP contribution is -2.35. The van der Waals surface area contributed by atoms with Crippen LogP contribution < -0.4 is 5.73 Å². The number of benzene rings is 1. The van der Waals surface area contributed by atoms with E-state index in [1.165, 1.54) is 0 Å². The Kier molecular flexibility index (Phi) is 4.51. The van der Waals surface area contributed by atoms with Gasteiger partial charge in [0.1, 0.15) is 0 Å². The Morgan fingerprint density at radius 1 is 1.38 bits per heavy atom. The maximum atomic E-state index is 12.3. The van der Waals surface area contributed by atoms with Crippen LogP contribution in [0, 0.1) is 5.92 Å². The van der Waals surface area contributed by atoms with Gasteiger partial charge in [-0.3, -0.25) is 4.79 Å². The third-order valence-electron chi connectivity index (χ3n) is 4.96. The number of aromatic nitrogens is 1. The van der Waals surface area contributed by atoms with Crippen molar-refractivity contribution in [1.29, 1.82) is 0 Å². The molecule has 5 nitrogen and oxygen atoms in total. The first-order valence-corrected chi connectivity index (χ1v) is 10.5. The molecule has 3 rings (SSSR count). The number of nitrogens with two attached hydrogens (primary N) is 1. The Labute approximate surface area is 150 Å². The molecular formula is C17H21BrN2O3S. The molecule has 1 amide bonds. The monoisotopic (exact) mass is 412 g/mol. The van der Waals surface area contributed by atoms with Crippen molar-refractivity contribution in [3.8, 4) is 0 Å². The van der Waals surface area contributed by atoms with Crippen LogP contribution >= 0.6 is 15.9 Å². The minimum Gasteiger partial charge on any atom is -0.366 e. The highest BCUT2D eigenvalue weighted by atomic mass is 79.9. The quantitative estimate of drug-likeness (QED) is 0.808. The van der Waals surface area contributed by atoms with Crippen LogP contribution in [0.15, 0.2) is 22.8 Å². The van der Waals surface area contributed by atoms with E-state index in [-0.39, 0.29) is 22.8 Å². The smallest absolute Gasteiger partial charge is 0.250 e. The maximum Gasteiger partial charge on any atom is 0.250 e. The standard InChI is InChI=1S/C17H21BrN2O3S/c1-9(2)15-5-10(3-4-24(15,22)23)14-8-20-16-12(14)6-11(18)7-13(16)17(19)21/h6-10,15,20H,3-5H2,1-2H3,(H2,19,21). The molecule has 2 unspecified atom stereocenters. The molecule has 1 aromatic heterocycles. The van der Waals surface area contributed by atoms with E-state index in [1.54, 1.807) is 6.07 Å². The summed E-state index contributed by atoms with van der Waals surface area (Å²) in [6, 6.07) is 3.66. The average Bonchev–Trinajstić information content (AvgIpc) is 2.89. The number of carbonyl (C=O) groups excluding carboxylic acids is 1. The van der Waals surface area contributed by atoms with E-state index in [0.717, 1.165) is 20.9 Å². The predicted molar refractivity (Wildman–Crippen MR) is 98.9 cm³/mol. The summed E-state index contributed by atoms with van der Waals surface area (Å²) in [6.07, 6.45) is 3.12. The number of amides is 1. The number of carbonyl (C=O) groups is 1. The zero-order valence-corrected chi connectivity index (χ0v) is 16.1. The molecule has 2 aromatic rings. The molecule has 1 fully saturated rings. The molecule has 24 heavy (non-hydrogen) atoms. The van der Waals surface area contributed by atoms with Crippen LogP contribution in [0.25, 0.3) is 10.9 Å². The van der Waals surface area contributed by atoms with Gasteiger partial charge in [-0.25, -0.2) is 8.42 Å². The lowest BCUT2D eigenvalue weighted by molar-refractivity contribution is 0.100. The van der Waals surface area contributed by atoms with Crippen molar-refractivity contribution in [3.05, 3.63) is 33.9 Å². The number of nitrogens with one attached hydrogen (secondary N) is 1. The molecule has 0 aliphatic carbocycles. The van der Waals surface area contributed by atoms with Gasteiger partial charge < -0.3 is 10.7 Å². The Bertz CT molecular complexity index is 902. The van der Waals surface area contributed by atoms with E-state index in [1.807, 2.05) is 26.1 Å². The first kappa shape index (κ1) is 17.5. The second-order valence-electron chi connectivity index (χ2n) is 6.85. The lowest BCUT2D eigenvalue weighted by atomic mass is 9.88. The number of H-pyrrole nitrogens is 1. The van der Waals surface area contributed by atoms with Crippen LogP contribution in [-0.2, 0) is 9.84 Å². The van der Waals surface area contributed by atoms with Crippen molar-refractivity contribution in [2.24, 2.45) is 11.7 Å². The predicted octanol–water partition coefficient (Wildman–Crippen LogP) is 3.35. The molecule has 0 spiro atoms. The summed E-state index contributed by atoms with van der Waals surface area (Å²) in [4.78, 5) is 14.8. The summed E-state index contributed by atoms with van der Waals surface area (Å²) in [5, 5.41) is 0.619. The van der Waals surface area contributed by atoms with Crippen molar-refractivity contribution < 1.29 is 13.2 Å². The number of hydrogen-bond acceptors (Lipinski definition) is 3. The topological polar surface area (TPSA) is 93.0 Å². The summed E-state index contributed by atoms with van der Waals surface area (Å²) >= 11 is 3.43. The largest absolute Gasteiger partial charge is 0.366 e. The first-order valence-electron chi connectivity index (χ1n) is 8.02. The highest BCUT2D eigenvalue weighted by molar-refractivity contribution is 9.10. The number of sulfone groups is 1. The summed E-state index contributed by atoms with van der Waals surface area (Å²) < 4.78 is 25.4. The summed E-state index contributed by atoms with van der Waals surface area (Å²) in [5.74, 6) is -0.0225.